The van der Waals surface area contributed by atoms with Gasteiger partial charge >= 0.3 is 6.18 Å². The van der Waals surface area contributed by atoms with Gasteiger partial charge in [-0.25, -0.2) is 4.39 Å². The molecule has 0 aromatic heterocycles. The Morgan fingerprint density at radius 2 is 2.00 bits per heavy atom. The highest BCUT2D eigenvalue weighted by Gasteiger charge is 2.26. The van der Waals surface area contributed by atoms with Crippen molar-refractivity contribution in [2.24, 2.45) is 0 Å². The van der Waals surface area contributed by atoms with Gasteiger partial charge in [0.15, 0.2) is 0 Å². The van der Waals surface area contributed by atoms with Crippen molar-refractivity contribution in [3.05, 3.63) is 39.7 Å². The van der Waals surface area contributed by atoms with Crippen LogP contribution in [0.1, 0.15) is 23.2 Å². The summed E-state index contributed by atoms with van der Waals surface area (Å²) in [5, 5.41) is 12.7. The number of benzene rings is 1. The monoisotopic (exact) mass is 294 g/mol. The molecule has 0 saturated carbocycles. The highest BCUT2D eigenvalue weighted by Crippen LogP contribution is 2.21. The molecule has 0 bridgehead atoms. The average Bonchev–Trinajstić information content (AvgIpc) is 2.32. The molecule has 0 saturated heterocycles. The number of halogens is 4. The quantitative estimate of drug-likeness (QED) is 0.393. The minimum Gasteiger partial charge on any atom is -0.352 e. The lowest BCUT2D eigenvalue weighted by molar-refractivity contribution is -0.385. The lowest BCUT2D eigenvalue weighted by atomic mass is 10.1. The lowest BCUT2D eigenvalue weighted by Gasteiger charge is -2.08. The summed E-state index contributed by atoms with van der Waals surface area (Å²) in [5.41, 5.74) is -1.14. The summed E-state index contributed by atoms with van der Waals surface area (Å²) in [6.07, 6.45) is -5.79. The molecule has 0 heterocycles. The van der Waals surface area contributed by atoms with Crippen LogP contribution in [0.2, 0.25) is 0 Å². The van der Waals surface area contributed by atoms with Gasteiger partial charge < -0.3 is 5.32 Å². The van der Waals surface area contributed by atoms with Crippen LogP contribution in [0.4, 0.5) is 23.2 Å². The first kappa shape index (κ1) is 15.9. The molecule has 0 aliphatic rings. The van der Waals surface area contributed by atoms with Crippen LogP contribution >= 0.6 is 0 Å². The topological polar surface area (TPSA) is 72.2 Å². The number of amides is 1. The van der Waals surface area contributed by atoms with Gasteiger partial charge in [0, 0.05) is 19.0 Å². The number of rotatable bonds is 5. The zero-order chi connectivity index (χ0) is 15.3. The molecule has 0 atom stereocenters. The van der Waals surface area contributed by atoms with Gasteiger partial charge in [-0.05, 0) is 18.6 Å². The normalized spacial score (nSPS) is 11.2. The zero-order valence-corrected chi connectivity index (χ0v) is 10.0. The molecule has 5 nitrogen and oxygen atoms in total. The van der Waals surface area contributed by atoms with E-state index in [0.717, 1.165) is 12.1 Å². The van der Waals surface area contributed by atoms with Crippen LogP contribution in [0.15, 0.2) is 18.2 Å². The van der Waals surface area contributed by atoms with E-state index >= 15 is 0 Å². The van der Waals surface area contributed by atoms with Crippen molar-refractivity contribution in [2.45, 2.75) is 19.0 Å². The second-order valence-electron chi connectivity index (χ2n) is 3.89. The third-order valence-corrected chi connectivity index (χ3v) is 2.32. The van der Waals surface area contributed by atoms with Crippen LogP contribution in [0.25, 0.3) is 0 Å². The molecule has 1 aromatic carbocycles. The number of hydrogen-bond donors (Lipinski definition) is 1. The van der Waals surface area contributed by atoms with Gasteiger partial charge in [-0.2, -0.15) is 13.2 Å². The Balaban J connectivity index is 2.68. The smallest absolute Gasteiger partial charge is 0.352 e. The van der Waals surface area contributed by atoms with Crippen LogP contribution < -0.4 is 5.32 Å². The molecule has 1 aromatic rings. The maximum absolute atomic E-state index is 13.0. The molecule has 0 aliphatic heterocycles. The second-order valence-corrected chi connectivity index (χ2v) is 3.89. The lowest BCUT2D eigenvalue weighted by Crippen LogP contribution is -2.26. The van der Waals surface area contributed by atoms with Crippen LogP contribution in [0.3, 0.4) is 0 Å². The Labute approximate surface area is 110 Å². The average molecular weight is 294 g/mol. The van der Waals surface area contributed by atoms with E-state index in [1.807, 2.05) is 0 Å². The predicted octanol–water partition coefficient (Wildman–Crippen LogP) is 2.81. The standard InChI is InChI=1S/C11H10F4N2O3/c12-7-2-3-9(17(19)20)8(6-7)10(18)16-5-1-4-11(13,14)15/h2-3,6H,1,4-5H2,(H,16,18). The SMILES string of the molecule is O=C(NCCCC(F)(F)F)c1cc(F)ccc1[N+](=O)[O-]. The van der Waals surface area contributed by atoms with Gasteiger partial charge in [0.05, 0.1) is 4.92 Å². The molecule has 0 spiro atoms. The van der Waals surface area contributed by atoms with Crippen LogP contribution in [-0.4, -0.2) is 23.6 Å². The summed E-state index contributed by atoms with van der Waals surface area (Å²) in [7, 11) is 0. The Morgan fingerprint density at radius 3 is 2.55 bits per heavy atom. The summed E-state index contributed by atoms with van der Waals surface area (Å²) in [5.74, 6) is -1.84. The summed E-state index contributed by atoms with van der Waals surface area (Å²) in [4.78, 5) is 21.4. The van der Waals surface area contributed by atoms with E-state index in [-0.39, 0.29) is 13.0 Å². The number of alkyl halides is 3. The first-order valence-corrected chi connectivity index (χ1v) is 5.49. The molecule has 110 valence electrons. The number of hydrogen-bond acceptors (Lipinski definition) is 3. The van der Waals surface area contributed by atoms with Crippen molar-refractivity contribution in [3.8, 4) is 0 Å². The Bertz CT molecular complexity index is 517. The van der Waals surface area contributed by atoms with Crippen molar-refractivity contribution in [1.29, 1.82) is 0 Å². The van der Waals surface area contributed by atoms with Crippen molar-refractivity contribution >= 4 is 11.6 Å². The Kier molecular flexibility index (Phi) is 5.00. The Morgan fingerprint density at radius 1 is 1.35 bits per heavy atom. The summed E-state index contributed by atoms with van der Waals surface area (Å²) in [6, 6.07) is 2.30. The van der Waals surface area contributed by atoms with E-state index in [1.54, 1.807) is 0 Å². The molecule has 0 unspecified atom stereocenters. The van der Waals surface area contributed by atoms with E-state index in [2.05, 4.69) is 5.32 Å². The highest BCUT2D eigenvalue weighted by atomic mass is 19.4. The van der Waals surface area contributed by atoms with Crippen molar-refractivity contribution in [3.63, 3.8) is 0 Å². The maximum atomic E-state index is 13.0. The fraction of sp³-hybridized carbons (Fsp3) is 0.364. The maximum Gasteiger partial charge on any atom is 0.389 e. The van der Waals surface area contributed by atoms with Gasteiger partial charge in [0.2, 0.25) is 0 Å². The molecule has 1 N–H and O–H groups in total. The third kappa shape index (κ3) is 4.82. The van der Waals surface area contributed by atoms with Crippen molar-refractivity contribution in [1.82, 2.24) is 5.32 Å². The summed E-state index contributed by atoms with van der Waals surface area (Å²) < 4.78 is 48.6. The van der Waals surface area contributed by atoms with E-state index in [9.17, 15) is 32.5 Å². The van der Waals surface area contributed by atoms with Gasteiger partial charge in [-0.1, -0.05) is 0 Å². The van der Waals surface area contributed by atoms with Gasteiger partial charge in [-0.15, -0.1) is 0 Å². The minimum atomic E-state index is -4.34. The first-order valence-electron chi connectivity index (χ1n) is 5.49. The fourth-order valence-electron chi connectivity index (χ4n) is 1.44. The molecule has 1 rings (SSSR count). The van der Waals surface area contributed by atoms with Gasteiger partial charge in [-0.3, -0.25) is 14.9 Å². The number of carbonyl (C=O) groups excluding carboxylic acids is 1. The fourth-order valence-corrected chi connectivity index (χ4v) is 1.44. The van der Waals surface area contributed by atoms with Crippen molar-refractivity contribution < 1.29 is 27.3 Å². The zero-order valence-electron chi connectivity index (χ0n) is 10.0. The number of nitro groups is 1. The van der Waals surface area contributed by atoms with E-state index < -0.39 is 40.5 Å². The number of nitro benzene ring substituents is 1. The largest absolute Gasteiger partial charge is 0.389 e. The van der Waals surface area contributed by atoms with E-state index in [1.165, 1.54) is 0 Å². The molecule has 1 amide bonds. The number of nitrogens with zero attached hydrogens (tertiary/aromatic N) is 1. The van der Waals surface area contributed by atoms with Crippen molar-refractivity contribution in [2.75, 3.05) is 6.54 Å². The van der Waals surface area contributed by atoms with Gasteiger partial charge in [0.1, 0.15) is 11.4 Å². The third-order valence-electron chi connectivity index (χ3n) is 2.32. The van der Waals surface area contributed by atoms with E-state index in [0.29, 0.717) is 6.07 Å². The molecule has 20 heavy (non-hydrogen) atoms. The molecular weight excluding hydrogens is 284 g/mol. The second kappa shape index (κ2) is 6.31. The predicted molar refractivity (Wildman–Crippen MR) is 60.7 cm³/mol. The highest BCUT2D eigenvalue weighted by molar-refractivity contribution is 5.98. The molecule has 9 heteroatoms. The van der Waals surface area contributed by atoms with E-state index in [4.69, 9.17) is 0 Å². The summed E-state index contributed by atoms with van der Waals surface area (Å²) in [6.45, 7) is -0.313. The molecular formula is C11H10F4N2O3. The first-order chi connectivity index (χ1) is 9.20. The van der Waals surface area contributed by atoms with Crippen LogP contribution in [-0.2, 0) is 0 Å². The molecule has 0 radical (unpaired) electrons. The number of carbonyl (C=O) groups is 1. The van der Waals surface area contributed by atoms with Crippen LogP contribution in [0.5, 0.6) is 0 Å². The minimum absolute atomic E-state index is 0.313. The Hall–Kier alpha value is -2.19. The molecule has 0 aliphatic carbocycles. The molecule has 0 fully saturated rings. The number of nitrogens with one attached hydrogen (secondary N) is 1. The van der Waals surface area contributed by atoms with Gasteiger partial charge in [0.25, 0.3) is 11.6 Å². The summed E-state index contributed by atoms with van der Waals surface area (Å²) >= 11 is 0. The van der Waals surface area contributed by atoms with Crippen LogP contribution in [0, 0.1) is 15.9 Å².